The zero-order valence-electron chi connectivity index (χ0n) is 8.39. The fraction of sp³-hybridized carbons (Fsp3) is 0.455. The summed E-state index contributed by atoms with van der Waals surface area (Å²) >= 11 is 0. The molecule has 15 heavy (non-hydrogen) atoms. The third kappa shape index (κ3) is 3.02. The van der Waals surface area contributed by atoms with Gasteiger partial charge in [-0.2, -0.15) is 0 Å². The van der Waals surface area contributed by atoms with E-state index in [-0.39, 0.29) is 10.6 Å². The molecular formula is C11H13NO3. The Morgan fingerprint density at radius 3 is 2.93 bits per heavy atom. The number of nitro benzene ring substituents is 1. The summed E-state index contributed by atoms with van der Waals surface area (Å²) in [5.74, 6) is 0.726. The predicted molar refractivity (Wildman–Crippen MR) is 55.5 cm³/mol. The van der Waals surface area contributed by atoms with Gasteiger partial charge < -0.3 is 4.74 Å². The fourth-order valence-corrected chi connectivity index (χ4v) is 1.39. The number of hydrogen-bond acceptors (Lipinski definition) is 3. The summed E-state index contributed by atoms with van der Waals surface area (Å²) in [7, 11) is 0. The van der Waals surface area contributed by atoms with Crippen LogP contribution in [0.15, 0.2) is 24.3 Å². The zero-order chi connectivity index (χ0) is 10.7. The molecule has 0 aliphatic heterocycles. The number of ether oxygens (including phenoxy) is 1. The van der Waals surface area contributed by atoms with Gasteiger partial charge in [0.25, 0.3) is 5.69 Å². The van der Waals surface area contributed by atoms with E-state index in [0.717, 1.165) is 18.1 Å². The van der Waals surface area contributed by atoms with Crippen molar-refractivity contribution in [3.8, 4) is 0 Å². The Morgan fingerprint density at radius 1 is 1.47 bits per heavy atom. The van der Waals surface area contributed by atoms with Crippen LogP contribution in [0.3, 0.4) is 0 Å². The lowest BCUT2D eigenvalue weighted by Crippen LogP contribution is -1.97. The van der Waals surface area contributed by atoms with Gasteiger partial charge in [-0.15, -0.1) is 0 Å². The lowest BCUT2D eigenvalue weighted by Gasteiger charge is -2.02. The molecule has 1 fully saturated rings. The van der Waals surface area contributed by atoms with Gasteiger partial charge in [-0.1, -0.05) is 12.1 Å². The molecule has 1 aromatic rings. The maximum absolute atomic E-state index is 10.5. The number of hydrogen-bond donors (Lipinski definition) is 0. The Bertz CT molecular complexity index is 361. The van der Waals surface area contributed by atoms with Gasteiger partial charge in [-0.25, -0.2) is 0 Å². The van der Waals surface area contributed by atoms with Crippen LogP contribution < -0.4 is 0 Å². The molecule has 0 saturated heterocycles. The summed E-state index contributed by atoms with van der Waals surface area (Å²) in [5, 5.41) is 10.5. The third-order valence-corrected chi connectivity index (χ3v) is 2.44. The van der Waals surface area contributed by atoms with Gasteiger partial charge >= 0.3 is 0 Å². The molecule has 4 heteroatoms. The average molecular weight is 207 g/mol. The van der Waals surface area contributed by atoms with Crippen molar-refractivity contribution in [3.63, 3.8) is 0 Å². The molecule has 0 N–H and O–H groups in total. The van der Waals surface area contributed by atoms with Crippen molar-refractivity contribution in [2.45, 2.75) is 19.4 Å². The second-order valence-corrected chi connectivity index (χ2v) is 3.89. The number of non-ortho nitro benzene ring substituents is 1. The van der Waals surface area contributed by atoms with Gasteiger partial charge in [0.05, 0.1) is 11.5 Å². The minimum atomic E-state index is -0.385. The first-order valence-electron chi connectivity index (χ1n) is 5.07. The van der Waals surface area contributed by atoms with Gasteiger partial charge in [-0.05, 0) is 24.3 Å². The molecule has 4 nitrogen and oxygen atoms in total. The maximum Gasteiger partial charge on any atom is 0.269 e. The van der Waals surface area contributed by atoms with Crippen LogP contribution in [0.1, 0.15) is 18.4 Å². The minimum absolute atomic E-state index is 0.127. The quantitative estimate of drug-likeness (QED) is 0.550. The van der Waals surface area contributed by atoms with Crippen molar-refractivity contribution >= 4 is 5.69 Å². The molecule has 0 heterocycles. The van der Waals surface area contributed by atoms with Crippen molar-refractivity contribution < 1.29 is 9.66 Å². The van der Waals surface area contributed by atoms with Crippen LogP contribution in [0.4, 0.5) is 5.69 Å². The number of nitrogens with zero attached hydrogens (tertiary/aromatic N) is 1. The first-order chi connectivity index (χ1) is 7.25. The van der Waals surface area contributed by atoms with Crippen molar-refractivity contribution in [2.75, 3.05) is 6.61 Å². The van der Waals surface area contributed by atoms with Crippen LogP contribution in [0.2, 0.25) is 0 Å². The van der Waals surface area contributed by atoms with Crippen LogP contribution >= 0.6 is 0 Å². The fourth-order valence-electron chi connectivity index (χ4n) is 1.39. The van der Waals surface area contributed by atoms with Gasteiger partial charge in [0.1, 0.15) is 0 Å². The lowest BCUT2D eigenvalue weighted by atomic mass is 10.2. The lowest BCUT2D eigenvalue weighted by molar-refractivity contribution is -0.384. The van der Waals surface area contributed by atoms with E-state index in [2.05, 4.69) is 0 Å². The van der Waals surface area contributed by atoms with Crippen molar-refractivity contribution in [1.29, 1.82) is 0 Å². The SMILES string of the molecule is O=[N+]([O-])c1cccc(COCC2CC2)c1. The Labute approximate surface area is 88.0 Å². The van der Waals surface area contributed by atoms with Gasteiger partial charge in [-0.3, -0.25) is 10.1 Å². The molecule has 0 aromatic heterocycles. The molecular weight excluding hydrogens is 194 g/mol. The topological polar surface area (TPSA) is 52.4 Å². The molecule has 0 radical (unpaired) electrons. The van der Waals surface area contributed by atoms with E-state index in [1.807, 2.05) is 6.07 Å². The molecule has 0 spiro atoms. The molecule has 0 amide bonds. The van der Waals surface area contributed by atoms with Crippen molar-refractivity contribution in [3.05, 3.63) is 39.9 Å². The molecule has 2 rings (SSSR count). The molecule has 1 aromatic carbocycles. The van der Waals surface area contributed by atoms with E-state index in [0.29, 0.717) is 6.61 Å². The Hall–Kier alpha value is -1.42. The summed E-state index contributed by atoms with van der Waals surface area (Å²) in [6.07, 6.45) is 2.52. The average Bonchev–Trinajstić information content (AvgIpc) is 3.02. The maximum atomic E-state index is 10.5. The first kappa shape index (κ1) is 10.1. The van der Waals surface area contributed by atoms with E-state index in [1.54, 1.807) is 12.1 Å². The van der Waals surface area contributed by atoms with Crippen molar-refractivity contribution in [1.82, 2.24) is 0 Å². The monoisotopic (exact) mass is 207 g/mol. The third-order valence-electron chi connectivity index (χ3n) is 2.44. The molecule has 0 bridgehead atoms. The highest BCUT2D eigenvalue weighted by atomic mass is 16.6. The number of benzene rings is 1. The van der Waals surface area contributed by atoms with Gasteiger partial charge in [0.15, 0.2) is 0 Å². The van der Waals surface area contributed by atoms with Crippen LogP contribution in [0.5, 0.6) is 0 Å². The Balaban J connectivity index is 1.88. The molecule has 1 aliphatic carbocycles. The largest absolute Gasteiger partial charge is 0.376 e. The van der Waals surface area contributed by atoms with Crippen molar-refractivity contribution in [2.24, 2.45) is 5.92 Å². The summed E-state index contributed by atoms with van der Waals surface area (Å²) in [6.45, 7) is 1.25. The highest BCUT2D eigenvalue weighted by Gasteiger charge is 2.21. The van der Waals surface area contributed by atoms with E-state index >= 15 is 0 Å². The normalized spacial score (nSPS) is 15.2. The Kier molecular flexibility index (Phi) is 2.97. The van der Waals surface area contributed by atoms with Gasteiger partial charge in [0, 0.05) is 18.7 Å². The first-order valence-corrected chi connectivity index (χ1v) is 5.07. The standard InChI is InChI=1S/C11H13NO3/c13-12(14)11-3-1-2-10(6-11)8-15-7-9-4-5-9/h1-3,6,9H,4-5,7-8H2. The second kappa shape index (κ2) is 4.40. The van der Waals surface area contributed by atoms with E-state index in [4.69, 9.17) is 4.74 Å². The minimum Gasteiger partial charge on any atom is -0.376 e. The zero-order valence-corrected chi connectivity index (χ0v) is 8.39. The smallest absolute Gasteiger partial charge is 0.269 e. The van der Waals surface area contributed by atoms with Crippen LogP contribution in [0, 0.1) is 16.0 Å². The summed E-state index contributed by atoms with van der Waals surface area (Å²) < 4.78 is 5.46. The Morgan fingerprint density at radius 2 is 2.27 bits per heavy atom. The van der Waals surface area contributed by atoms with Gasteiger partial charge in [0.2, 0.25) is 0 Å². The summed E-state index contributed by atoms with van der Waals surface area (Å²) in [4.78, 5) is 10.1. The molecule has 80 valence electrons. The van der Waals surface area contributed by atoms with Crippen LogP contribution in [-0.4, -0.2) is 11.5 Å². The summed E-state index contributed by atoms with van der Waals surface area (Å²) in [6, 6.07) is 6.59. The molecule has 0 atom stereocenters. The van der Waals surface area contributed by atoms with Crippen LogP contribution in [0.25, 0.3) is 0 Å². The second-order valence-electron chi connectivity index (χ2n) is 3.89. The van der Waals surface area contributed by atoms with Crippen LogP contribution in [-0.2, 0) is 11.3 Å². The molecule has 1 saturated carbocycles. The van der Waals surface area contributed by atoms with E-state index < -0.39 is 0 Å². The highest BCUT2D eigenvalue weighted by Crippen LogP contribution is 2.29. The molecule has 0 unspecified atom stereocenters. The number of rotatable bonds is 5. The highest BCUT2D eigenvalue weighted by molar-refractivity contribution is 5.33. The molecule has 1 aliphatic rings. The van der Waals surface area contributed by atoms with E-state index in [9.17, 15) is 10.1 Å². The summed E-state index contributed by atoms with van der Waals surface area (Å²) in [5.41, 5.74) is 0.993. The predicted octanol–water partition coefficient (Wildman–Crippen LogP) is 2.52. The number of nitro groups is 1. The van der Waals surface area contributed by atoms with E-state index in [1.165, 1.54) is 18.9 Å².